The zero-order valence-corrected chi connectivity index (χ0v) is 13.2. The number of carboxylic acid groups (broad SMARTS) is 1. The topological polar surface area (TPSA) is 77.9 Å². The summed E-state index contributed by atoms with van der Waals surface area (Å²) in [6.07, 6.45) is 1.49. The fourth-order valence-electron chi connectivity index (χ4n) is 3.30. The molecule has 2 amide bonds. The van der Waals surface area contributed by atoms with E-state index in [1.165, 1.54) is 4.90 Å². The van der Waals surface area contributed by atoms with Crippen molar-refractivity contribution in [2.75, 3.05) is 18.0 Å². The van der Waals surface area contributed by atoms with Gasteiger partial charge in [0.25, 0.3) is 0 Å². The third-order valence-corrected chi connectivity index (χ3v) is 4.68. The van der Waals surface area contributed by atoms with Crippen molar-refractivity contribution >= 4 is 35.1 Å². The lowest BCUT2D eigenvalue weighted by molar-refractivity contribution is -0.151. The van der Waals surface area contributed by atoms with Crippen LogP contribution in [0.3, 0.4) is 0 Å². The Hall–Kier alpha value is -2.08. The zero-order chi connectivity index (χ0) is 16.6. The van der Waals surface area contributed by atoms with E-state index in [0.717, 1.165) is 0 Å². The van der Waals surface area contributed by atoms with E-state index in [2.05, 4.69) is 0 Å². The molecule has 23 heavy (non-hydrogen) atoms. The summed E-state index contributed by atoms with van der Waals surface area (Å²) in [6, 6.07) is 6.11. The van der Waals surface area contributed by atoms with Crippen molar-refractivity contribution in [1.82, 2.24) is 4.90 Å². The number of carboxylic acids is 1. The summed E-state index contributed by atoms with van der Waals surface area (Å²) >= 11 is 5.95. The lowest BCUT2D eigenvalue weighted by Gasteiger charge is -2.24. The van der Waals surface area contributed by atoms with Crippen LogP contribution in [0.5, 0.6) is 0 Å². The highest BCUT2D eigenvalue weighted by Crippen LogP contribution is 2.30. The Kier molecular flexibility index (Phi) is 4.26. The van der Waals surface area contributed by atoms with Crippen LogP contribution in [-0.2, 0) is 14.4 Å². The molecule has 2 aliphatic rings. The van der Waals surface area contributed by atoms with Crippen LogP contribution in [0.15, 0.2) is 24.3 Å². The maximum Gasteiger partial charge on any atom is 0.326 e. The van der Waals surface area contributed by atoms with Gasteiger partial charge in [0, 0.05) is 23.8 Å². The molecule has 2 aliphatic heterocycles. The lowest BCUT2D eigenvalue weighted by atomic mass is 10.1. The van der Waals surface area contributed by atoms with Gasteiger partial charge in [0.15, 0.2) is 0 Å². The number of likely N-dealkylation sites (tertiary alicyclic amines) is 1. The Morgan fingerprint density at radius 1 is 1.22 bits per heavy atom. The van der Waals surface area contributed by atoms with E-state index < -0.39 is 17.9 Å². The standard InChI is InChI=1S/C16H17ClN2O4/c17-10-3-1-4-11(9-10)18-8-6-12(14(18)20)15(21)19-7-2-5-13(19)16(22)23/h1,3-4,9,12-13H,2,5-8H2,(H,22,23)/t12?,13-/m1/s1. The number of anilines is 1. The number of nitrogens with zero attached hydrogens (tertiary/aromatic N) is 2. The molecule has 6 nitrogen and oxygen atoms in total. The minimum absolute atomic E-state index is 0.284. The number of carbonyl (C=O) groups is 3. The van der Waals surface area contributed by atoms with E-state index in [1.807, 2.05) is 0 Å². The van der Waals surface area contributed by atoms with Gasteiger partial charge >= 0.3 is 5.97 Å². The Labute approximate surface area is 138 Å². The number of hydrogen-bond donors (Lipinski definition) is 1. The van der Waals surface area contributed by atoms with Gasteiger partial charge in [-0.05, 0) is 37.5 Å². The first-order valence-electron chi connectivity index (χ1n) is 7.59. The predicted octanol–water partition coefficient (Wildman–Crippen LogP) is 1.77. The van der Waals surface area contributed by atoms with Gasteiger partial charge < -0.3 is 14.9 Å². The fourth-order valence-corrected chi connectivity index (χ4v) is 3.48. The molecular weight excluding hydrogens is 320 g/mol. The highest BCUT2D eigenvalue weighted by molar-refractivity contribution is 6.31. The van der Waals surface area contributed by atoms with Crippen molar-refractivity contribution in [3.63, 3.8) is 0 Å². The summed E-state index contributed by atoms with van der Waals surface area (Å²) < 4.78 is 0. The molecule has 0 saturated carbocycles. The Morgan fingerprint density at radius 2 is 2.00 bits per heavy atom. The maximum absolute atomic E-state index is 12.6. The van der Waals surface area contributed by atoms with Gasteiger partial charge in [-0.3, -0.25) is 9.59 Å². The van der Waals surface area contributed by atoms with Crippen molar-refractivity contribution in [3.05, 3.63) is 29.3 Å². The van der Waals surface area contributed by atoms with E-state index in [-0.39, 0.29) is 11.8 Å². The van der Waals surface area contributed by atoms with Crippen molar-refractivity contribution in [3.8, 4) is 0 Å². The van der Waals surface area contributed by atoms with Gasteiger partial charge in [-0.2, -0.15) is 0 Å². The van der Waals surface area contributed by atoms with Crippen LogP contribution in [0.1, 0.15) is 19.3 Å². The fraction of sp³-hybridized carbons (Fsp3) is 0.438. The predicted molar refractivity (Wildman–Crippen MR) is 84.3 cm³/mol. The molecule has 2 fully saturated rings. The Morgan fingerprint density at radius 3 is 2.70 bits per heavy atom. The molecule has 122 valence electrons. The minimum Gasteiger partial charge on any atom is -0.480 e. The average molecular weight is 337 g/mol. The Balaban J connectivity index is 1.76. The minimum atomic E-state index is -1.01. The van der Waals surface area contributed by atoms with Gasteiger partial charge in [-0.1, -0.05) is 17.7 Å². The van der Waals surface area contributed by atoms with Crippen LogP contribution in [0, 0.1) is 5.92 Å². The number of rotatable bonds is 3. The summed E-state index contributed by atoms with van der Waals surface area (Å²) in [5, 5.41) is 9.72. The molecule has 0 bridgehead atoms. The molecular formula is C16H17ClN2O4. The van der Waals surface area contributed by atoms with E-state index in [0.29, 0.717) is 43.1 Å². The monoisotopic (exact) mass is 336 g/mol. The normalized spacial score (nSPS) is 24.3. The molecule has 0 aromatic heterocycles. The van der Waals surface area contributed by atoms with Gasteiger partial charge in [-0.15, -0.1) is 0 Å². The van der Waals surface area contributed by atoms with Crippen LogP contribution in [-0.4, -0.2) is 46.9 Å². The molecule has 7 heteroatoms. The van der Waals surface area contributed by atoms with Crippen molar-refractivity contribution in [2.24, 2.45) is 5.92 Å². The van der Waals surface area contributed by atoms with Gasteiger partial charge in [0.1, 0.15) is 12.0 Å². The summed E-state index contributed by atoms with van der Waals surface area (Å²) in [7, 11) is 0. The molecule has 2 heterocycles. The second kappa shape index (κ2) is 6.20. The zero-order valence-electron chi connectivity index (χ0n) is 12.4. The Bertz CT molecular complexity index is 663. The summed E-state index contributed by atoms with van der Waals surface area (Å²) in [6.45, 7) is 0.831. The first kappa shape index (κ1) is 15.8. The van der Waals surface area contributed by atoms with Crippen LogP contribution in [0.2, 0.25) is 5.02 Å². The quantitative estimate of drug-likeness (QED) is 0.853. The highest BCUT2D eigenvalue weighted by Gasteiger charge is 2.44. The third-order valence-electron chi connectivity index (χ3n) is 4.44. The molecule has 1 unspecified atom stereocenters. The number of aliphatic carboxylic acids is 1. The largest absolute Gasteiger partial charge is 0.480 e. The smallest absolute Gasteiger partial charge is 0.326 e. The molecule has 0 spiro atoms. The van der Waals surface area contributed by atoms with Crippen molar-refractivity contribution in [2.45, 2.75) is 25.3 Å². The number of benzene rings is 1. The summed E-state index contributed by atoms with van der Waals surface area (Å²) in [4.78, 5) is 39.3. The molecule has 1 aromatic carbocycles. The van der Waals surface area contributed by atoms with E-state index in [4.69, 9.17) is 11.6 Å². The molecule has 1 N–H and O–H groups in total. The number of halogens is 1. The summed E-state index contributed by atoms with van der Waals surface area (Å²) in [5.41, 5.74) is 0.661. The van der Waals surface area contributed by atoms with Crippen LogP contribution < -0.4 is 4.90 Å². The first-order chi connectivity index (χ1) is 11.0. The first-order valence-corrected chi connectivity index (χ1v) is 7.97. The molecule has 0 aliphatic carbocycles. The van der Waals surface area contributed by atoms with Crippen LogP contribution in [0.4, 0.5) is 5.69 Å². The van der Waals surface area contributed by atoms with E-state index in [9.17, 15) is 19.5 Å². The number of carbonyl (C=O) groups excluding carboxylic acids is 2. The van der Waals surface area contributed by atoms with Gasteiger partial charge in [-0.25, -0.2) is 4.79 Å². The SMILES string of the molecule is O=C(O)[C@H]1CCCN1C(=O)C1CCN(c2cccc(Cl)c2)C1=O. The van der Waals surface area contributed by atoms with Crippen molar-refractivity contribution < 1.29 is 19.5 Å². The maximum atomic E-state index is 12.6. The number of hydrogen-bond acceptors (Lipinski definition) is 3. The van der Waals surface area contributed by atoms with Crippen LogP contribution >= 0.6 is 11.6 Å². The summed E-state index contributed by atoms with van der Waals surface area (Å²) in [5.74, 6) is -2.46. The third kappa shape index (κ3) is 2.91. The van der Waals surface area contributed by atoms with E-state index in [1.54, 1.807) is 29.2 Å². The van der Waals surface area contributed by atoms with Crippen LogP contribution in [0.25, 0.3) is 0 Å². The molecule has 2 atom stereocenters. The average Bonchev–Trinajstić information content (AvgIpc) is 3.13. The highest BCUT2D eigenvalue weighted by atomic mass is 35.5. The van der Waals surface area contributed by atoms with E-state index >= 15 is 0 Å². The molecule has 0 radical (unpaired) electrons. The second-order valence-corrected chi connectivity index (χ2v) is 6.28. The second-order valence-electron chi connectivity index (χ2n) is 5.84. The molecule has 2 saturated heterocycles. The van der Waals surface area contributed by atoms with Crippen molar-refractivity contribution in [1.29, 1.82) is 0 Å². The number of amides is 2. The molecule has 1 aromatic rings. The van der Waals surface area contributed by atoms with Gasteiger partial charge in [0.05, 0.1) is 0 Å². The lowest BCUT2D eigenvalue weighted by Crippen LogP contribution is -2.45. The van der Waals surface area contributed by atoms with Gasteiger partial charge in [0.2, 0.25) is 11.8 Å². The molecule has 3 rings (SSSR count).